The highest BCUT2D eigenvalue weighted by Gasteiger charge is 2.50. The minimum Gasteiger partial charge on any atom is -0.395 e. The quantitative estimate of drug-likeness (QED) is 0.700. The van der Waals surface area contributed by atoms with Crippen molar-refractivity contribution in [1.82, 2.24) is 9.21 Å². The number of hydrogen-bond donors (Lipinski definition) is 1. The van der Waals surface area contributed by atoms with Crippen molar-refractivity contribution in [2.75, 3.05) is 26.2 Å². The first-order valence-electron chi connectivity index (χ1n) is 11.7. The predicted molar refractivity (Wildman–Crippen MR) is 125 cm³/mol. The average Bonchev–Trinajstić information content (AvgIpc) is 3.62. The molecule has 0 amide bonds. The maximum Gasteiger partial charge on any atom is 0.243 e. The van der Waals surface area contributed by atoms with Crippen LogP contribution >= 0.6 is 0 Å². The second kappa shape index (κ2) is 9.19. The monoisotopic (exact) mass is 468 g/mol. The molecule has 0 unspecified atom stereocenters. The molecule has 2 heterocycles. The summed E-state index contributed by atoms with van der Waals surface area (Å²) in [5.74, 6) is 6.65. The number of rotatable bonds is 4. The first-order chi connectivity index (χ1) is 16.0. The van der Waals surface area contributed by atoms with Crippen molar-refractivity contribution >= 4 is 10.0 Å². The molecular weight excluding hydrogens is 439 g/mol. The molecule has 3 fully saturated rings. The van der Waals surface area contributed by atoms with Crippen LogP contribution in [0.2, 0.25) is 0 Å². The van der Waals surface area contributed by atoms with Crippen LogP contribution in [0.3, 0.4) is 0 Å². The van der Waals surface area contributed by atoms with Gasteiger partial charge < -0.3 is 5.11 Å². The van der Waals surface area contributed by atoms with Crippen LogP contribution in [0.25, 0.3) is 0 Å². The molecule has 7 heteroatoms. The highest BCUT2D eigenvalue weighted by atomic mass is 32.2. The number of aliphatic hydroxyl groups is 1. The van der Waals surface area contributed by atoms with Crippen LogP contribution < -0.4 is 0 Å². The Labute approximate surface area is 195 Å². The fourth-order valence-corrected chi connectivity index (χ4v) is 6.58. The van der Waals surface area contributed by atoms with Crippen LogP contribution in [-0.4, -0.2) is 61.1 Å². The Hall–Kier alpha value is -2.24. The Bertz CT molecular complexity index is 1150. The van der Waals surface area contributed by atoms with Crippen LogP contribution in [0, 0.1) is 23.6 Å². The van der Waals surface area contributed by atoms with Crippen molar-refractivity contribution in [1.29, 1.82) is 0 Å². The molecule has 174 valence electrons. The van der Waals surface area contributed by atoms with E-state index in [0.717, 1.165) is 30.5 Å². The minimum atomic E-state index is -3.73. The molecule has 2 aliphatic heterocycles. The number of halogens is 1. The first kappa shape index (κ1) is 22.5. The van der Waals surface area contributed by atoms with Crippen LogP contribution in [0.4, 0.5) is 4.39 Å². The van der Waals surface area contributed by atoms with Gasteiger partial charge in [0, 0.05) is 42.6 Å². The van der Waals surface area contributed by atoms with E-state index in [0.29, 0.717) is 19.0 Å². The van der Waals surface area contributed by atoms with E-state index in [1.807, 2.05) is 12.1 Å². The maximum absolute atomic E-state index is 13.4. The topological polar surface area (TPSA) is 60.9 Å². The molecule has 1 N–H and O–H groups in total. The maximum atomic E-state index is 13.4. The predicted octanol–water partition coefficient (Wildman–Crippen LogP) is 3.20. The van der Waals surface area contributed by atoms with E-state index in [2.05, 4.69) is 28.9 Å². The van der Waals surface area contributed by atoms with Gasteiger partial charge in [-0.3, -0.25) is 4.90 Å². The molecule has 2 saturated heterocycles. The lowest BCUT2D eigenvalue weighted by Crippen LogP contribution is -2.67. The molecule has 2 aromatic rings. The van der Waals surface area contributed by atoms with Gasteiger partial charge in [-0.05, 0) is 74.2 Å². The summed E-state index contributed by atoms with van der Waals surface area (Å²) in [6, 6.07) is 13.2. The van der Waals surface area contributed by atoms with Gasteiger partial charge in [0.25, 0.3) is 0 Å². The van der Waals surface area contributed by atoms with E-state index in [4.69, 9.17) is 0 Å². The molecule has 0 spiro atoms. The zero-order valence-corrected chi connectivity index (χ0v) is 19.3. The number of fused-ring (bicyclic) bond motifs is 1. The summed E-state index contributed by atoms with van der Waals surface area (Å²) in [5.41, 5.74) is 2.09. The van der Waals surface area contributed by atoms with Crippen molar-refractivity contribution in [3.63, 3.8) is 0 Å². The van der Waals surface area contributed by atoms with Crippen LogP contribution in [0.1, 0.15) is 42.7 Å². The van der Waals surface area contributed by atoms with Crippen molar-refractivity contribution < 1.29 is 17.9 Å². The zero-order valence-electron chi connectivity index (χ0n) is 18.5. The number of aliphatic hydroxyl groups excluding tert-OH is 1. The van der Waals surface area contributed by atoms with Gasteiger partial charge in [0.15, 0.2) is 0 Å². The Balaban J connectivity index is 1.39. The van der Waals surface area contributed by atoms with Crippen molar-refractivity contribution in [3.05, 3.63) is 65.5 Å². The normalized spacial score (nSPS) is 26.3. The van der Waals surface area contributed by atoms with Gasteiger partial charge in [-0.15, -0.1) is 0 Å². The highest BCUT2D eigenvalue weighted by molar-refractivity contribution is 7.89. The second-order valence-corrected chi connectivity index (χ2v) is 11.2. The molecule has 0 radical (unpaired) electrons. The lowest BCUT2D eigenvalue weighted by Gasteiger charge is -2.57. The van der Waals surface area contributed by atoms with E-state index in [-0.39, 0.29) is 29.5 Å². The third kappa shape index (κ3) is 4.58. The SMILES string of the molecule is O=S(=O)(c1ccc(F)cc1)N1CCCCN2[C@H](C1)[C@@H](c1ccc(C#CC3CC3)cc1)[C@@H]2CO. The molecular formula is C26H29FN2O3S. The highest BCUT2D eigenvalue weighted by Crippen LogP contribution is 2.42. The van der Waals surface area contributed by atoms with Crippen LogP contribution in [0.15, 0.2) is 53.4 Å². The van der Waals surface area contributed by atoms with E-state index < -0.39 is 15.8 Å². The van der Waals surface area contributed by atoms with Crippen molar-refractivity contribution in [2.45, 2.75) is 48.6 Å². The fourth-order valence-electron chi connectivity index (χ4n) is 5.08. The largest absolute Gasteiger partial charge is 0.395 e. The Morgan fingerprint density at radius 2 is 1.70 bits per heavy atom. The van der Waals surface area contributed by atoms with E-state index in [9.17, 15) is 17.9 Å². The molecule has 2 aromatic carbocycles. The number of hydrogen-bond acceptors (Lipinski definition) is 4. The van der Waals surface area contributed by atoms with E-state index >= 15 is 0 Å². The second-order valence-electron chi connectivity index (χ2n) is 9.27. The van der Waals surface area contributed by atoms with Crippen molar-refractivity contribution in [3.8, 4) is 11.8 Å². The Morgan fingerprint density at radius 3 is 2.36 bits per heavy atom. The number of sulfonamides is 1. The summed E-state index contributed by atoms with van der Waals surface area (Å²) in [4.78, 5) is 2.36. The molecule has 1 aliphatic carbocycles. The summed E-state index contributed by atoms with van der Waals surface area (Å²) in [5, 5.41) is 10.1. The van der Waals surface area contributed by atoms with E-state index in [1.165, 1.54) is 41.4 Å². The molecule has 5 rings (SSSR count). The van der Waals surface area contributed by atoms with Crippen molar-refractivity contribution in [2.24, 2.45) is 5.92 Å². The van der Waals surface area contributed by atoms with Gasteiger partial charge in [0.1, 0.15) is 5.82 Å². The zero-order chi connectivity index (χ0) is 23.0. The minimum absolute atomic E-state index is 0.0129. The third-order valence-corrected chi connectivity index (χ3v) is 8.96. The van der Waals surface area contributed by atoms with Gasteiger partial charge in [-0.25, -0.2) is 12.8 Å². The molecule has 33 heavy (non-hydrogen) atoms. The van der Waals surface area contributed by atoms with Gasteiger partial charge >= 0.3 is 0 Å². The molecule has 5 nitrogen and oxygen atoms in total. The fraction of sp³-hybridized carbons (Fsp3) is 0.462. The summed E-state index contributed by atoms with van der Waals surface area (Å²) < 4.78 is 41.5. The summed E-state index contributed by atoms with van der Waals surface area (Å²) in [6.07, 6.45) is 4.01. The van der Waals surface area contributed by atoms with Gasteiger partial charge in [-0.2, -0.15) is 4.31 Å². The lowest BCUT2D eigenvalue weighted by atomic mass is 9.74. The lowest BCUT2D eigenvalue weighted by molar-refractivity contribution is -0.0553. The van der Waals surface area contributed by atoms with Gasteiger partial charge in [0.05, 0.1) is 11.5 Å². The number of nitrogens with zero attached hydrogens (tertiary/aromatic N) is 2. The van der Waals surface area contributed by atoms with E-state index in [1.54, 1.807) is 0 Å². The summed E-state index contributed by atoms with van der Waals surface area (Å²) in [7, 11) is -3.73. The van der Waals surface area contributed by atoms with Gasteiger partial charge in [0.2, 0.25) is 10.0 Å². The standard InChI is InChI=1S/C26H29FN2O3S/c27-22-11-13-23(14-12-22)33(31,32)28-15-1-2-16-29-24(17-28)26(25(29)18-30)21-9-7-20(8-10-21)6-5-19-3-4-19/h7-14,19,24-26,30H,1-4,15-18H2/t24-,25+,26-/m1/s1. The molecule has 3 atom stereocenters. The molecule has 3 aliphatic rings. The average molecular weight is 469 g/mol. The first-order valence-corrected chi connectivity index (χ1v) is 13.2. The van der Waals surface area contributed by atoms with Gasteiger partial charge in [-0.1, -0.05) is 24.0 Å². The molecule has 0 aromatic heterocycles. The Kier molecular flexibility index (Phi) is 6.28. The third-order valence-electron chi connectivity index (χ3n) is 7.08. The smallest absolute Gasteiger partial charge is 0.243 e. The summed E-state index contributed by atoms with van der Waals surface area (Å²) >= 11 is 0. The Morgan fingerprint density at radius 1 is 1.00 bits per heavy atom. The van der Waals surface area contributed by atoms with Crippen LogP contribution in [-0.2, 0) is 10.0 Å². The summed E-state index contributed by atoms with van der Waals surface area (Å²) in [6.45, 7) is 1.68. The number of benzene rings is 2. The molecule has 0 bridgehead atoms. The molecule has 1 saturated carbocycles. The van der Waals surface area contributed by atoms with Crippen LogP contribution in [0.5, 0.6) is 0 Å².